The highest BCUT2D eigenvalue weighted by Gasteiger charge is 2.29. The highest BCUT2D eigenvalue weighted by atomic mass is 32.1. The summed E-state index contributed by atoms with van der Waals surface area (Å²) in [5.41, 5.74) is -0.289. The first kappa shape index (κ1) is 12.1. The van der Waals surface area contributed by atoms with Crippen molar-refractivity contribution in [2.24, 2.45) is 5.92 Å². The smallest absolute Gasteiger partial charge is 0.354 e. The third-order valence-corrected chi connectivity index (χ3v) is 3.77. The van der Waals surface area contributed by atoms with Crippen LogP contribution in [0.4, 0.5) is 0 Å². The maximum Gasteiger partial charge on any atom is 0.369 e. The van der Waals surface area contributed by atoms with Crippen LogP contribution in [-0.2, 0) is 11.3 Å². The molecule has 0 radical (unpaired) electrons. The lowest BCUT2D eigenvalue weighted by atomic mass is 10.4. The first-order valence-electron chi connectivity index (χ1n) is 6.10. The Bertz CT molecular complexity index is 626. The van der Waals surface area contributed by atoms with E-state index in [0.717, 1.165) is 17.8 Å². The van der Waals surface area contributed by atoms with Gasteiger partial charge in [-0.1, -0.05) is 0 Å². The molecule has 100 valence electrons. The molecule has 1 saturated carbocycles. The molecular formula is C11H13N5O2S. The van der Waals surface area contributed by atoms with Crippen molar-refractivity contribution in [2.75, 3.05) is 6.54 Å². The predicted molar refractivity (Wildman–Crippen MR) is 69.2 cm³/mol. The maximum absolute atomic E-state index is 12.0. The van der Waals surface area contributed by atoms with E-state index < -0.39 is 0 Å². The molecule has 7 nitrogen and oxygen atoms in total. The Balaban J connectivity index is 1.62. The number of carbonyl (C=O) groups is 1. The molecule has 1 amide bonds. The van der Waals surface area contributed by atoms with Crippen LogP contribution >= 0.6 is 11.3 Å². The maximum atomic E-state index is 12.0. The van der Waals surface area contributed by atoms with Gasteiger partial charge in [-0.15, -0.1) is 11.3 Å². The number of amides is 1. The third-order valence-electron chi connectivity index (χ3n) is 2.93. The Morgan fingerprint density at radius 3 is 3.00 bits per heavy atom. The molecule has 0 spiro atoms. The Morgan fingerprint density at radius 2 is 2.32 bits per heavy atom. The first-order valence-corrected chi connectivity index (χ1v) is 6.98. The fraction of sp³-hybridized carbons (Fsp3) is 0.455. The molecule has 0 aromatic carbocycles. The van der Waals surface area contributed by atoms with Crippen LogP contribution < -0.4 is 11.0 Å². The molecule has 0 atom stereocenters. The average molecular weight is 279 g/mol. The first-order chi connectivity index (χ1) is 9.25. The Morgan fingerprint density at radius 1 is 1.47 bits per heavy atom. The number of thiophene rings is 1. The molecule has 2 aromatic rings. The third kappa shape index (κ3) is 2.58. The van der Waals surface area contributed by atoms with E-state index in [4.69, 9.17) is 0 Å². The molecule has 8 heteroatoms. The monoisotopic (exact) mass is 279 g/mol. The van der Waals surface area contributed by atoms with Gasteiger partial charge in [0.15, 0.2) is 0 Å². The lowest BCUT2D eigenvalue weighted by molar-refractivity contribution is -0.122. The Kier molecular flexibility index (Phi) is 3.16. The molecular weight excluding hydrogens is 266 g/mol. The van der Waals surface area contributed by atoms with Crippen molar-refractivity contribution in [3.05, 3.63) is 28.0 Å². The summed E-state index contributed by atoms with van der Waals surface area (Å²) >= 11 is 1.42. The van der Waals surface area contributed by atoms with Gasteiger partial charge in [0, 0.05) is 12.5 Å². The van der Waals surface area contributed by atoms with Gasteiger partial charge in [-0.25, -0.2) is 4.79 Å². The van der Waals surface area contributed by atoms with E-state index >= 15 is 0 Å². The lowest BCUT2D eigenvalue weighted by Crippen LogP contribution is -2.32. The molecule has 3 rings (SSSR count). The van der Waals surface area contributed by atoms with Crippen LogP contribution in [0.1, 0.15) is 12.8 Å². The minimum atomic E-state index is -0.289. The van der Waals surface area contributed by atoms with Crippen LogP contribution in [-0.4, -0.2) is 32.2 Å². The van der Waals surface area contributed by atoms with Crippen LogP contribution in [0.2, 0.25) is 0 Å². The SMILES string of the molecule is O=C(NCCn1nnn(-c2cccs2)c1=O)C1CC1. The van der Waals surface area contributed by atoms with Gasteiger partial charge in [-0.3, -0.25) is 4.79 Å². The Hall–Kier alpha value is -1.96. The second-order valence-electron chi connectivity index (χ2n) is 4.41. The summed E-state index contributed by atoms with van der Waals surface area (Å²) in [6.07, 6.45) is 1.95. The fourth-order valence-electron chi connectivity index (χ4n) is 1.72. The zero-order chi connectivity index (χ0) is 13.2. The summed E-state index contributed by atoms with van der Waals surface area (Å²) < 4.78 is 2.51. The second kappa shape index (κ2) is 4.96. The van der Waals surface area contributed by atoms with Crippen molar-refractivity contribution in [3.63, 3.8) is 0 Å². The molecule has 1 aliphatic rings. The number of carbonyl (C=O) groups excluding carboxylic acids is 1. The van der Waals surface area contributed by atoms with Crippen LogP contribution in [0, 0.1) is 5.92 Å². The van der Waals surface area contributed by atoms with Crippen LogP contribution in [0.3, 0.4) is 0 Å². The van der Waals surface area contributed by atoms with Crippen LogP contribution in [0.25, 0.3) is 5.00 Å². The number of hydrogen-bond donors (Lipinski definition) is 1. The summed E-state index contributed by atoms with van der Waals surface area (Å²) in [7, 11) is 0. The minimum absolute atomic E-state index is 0.0682. The number of rotatable bonds is 5. The van der Waals surface area contributed by atoms with E-state index in [2.05, 4.69) is 15.7 Å². The summed E-state index contributed by atoms with van der Waals surface area (Å²) in [6.45, 7) is 0.737. The van der Waals surface area contributed by atoms with E-state index in [1.165, 1.54) is 20.7 Å². The lowest BCUT2D eigenvalue weighted by Gasteiger charge is -2.02. The number of hydrogen-bond acceptors (Lipinski definition) is 5. The van der Waals surface area contributed by atoms with Crippen molar-refractivity contribution >= 4 is 17.2 Å². The average Bonchev–Trinajstić information content (AvgIpc) is 3.01. The summed E-state index contributed by atoms with van der Waals surface area (Å²) in [4.78, 5) is 23.4. The van der Waals surface area contributed by atoms with Gasteiger partial charge in [-0.2, -0.15) is 9.36 Å². The minimum Gasteiger partial charge on any atom is -0.354 e. The van der Waals surface area contributed by atoms with Crippen molar-refractivity contribution in [1.29, 1.82) is 0 Å². The van der Waals surface area contributed by atoms with Gasteiger partial charge in [0.1, 0.15) is 5.00 Å². The standard InChI is InChI=1S/C11H13N5O2S/c17-10(8-3-4-8)12-5-6-15-11(18)16(14-13-15)9-2-1-7-19-9/h1-2,7-8H,3-6H2,(H,12,17). The highest BCUT2D eigenvalue weighted by molar-refractivity contribution is 7.12. The number of nitrogens with zero attached hydrogens (tertiary/aromatic N) is 4. The normalized spacial score (nSPS) is 14.5. The predicted octanol–water partition coefficient (Wildman–Crippen LogP) is 0.0167. The molecule has 1 N–H and O–H groups in total. The van der Waals surface area contributed by atoms with Crippen molar-refractivity contribution in [2.45, 2.75) is 19.4 Å². The molecule has 1 aliphatic carbocycles. The zero-order valence-corrected chi connectivity index (χ0v) is 11.0. The largest absolute Gasteiger partial charge is 0.369 e. The van der Waals surface area contributed by atoms with Gasteiger partial charge >= 0.3 is 5.69 Å². The van der Waals surface area contributed by atoms with Crippen molar-refractivity contribution < 1.29 is 4.79 Å². The van der Waals surface area contributed by atoms with Crippen molar-refractivity contribution in [3.8, 4) is 5.00 Å². The highest BCUT2D eigenvalue weighted by Crippen LogP contribution is 2.28. The van der Waals surface area contributed by atoms with E-state index in [-0.39, 0.29) is 17.5 Å². The molecule has 0 aliphatic heterocycles. The fourth-order valence-corrected chi connectivity index (χ4v) is 2.39. The summed E-state index contributed by atoms with van der Waals surface area (Å²) in [5, 5.41) is 13.0. The molecule has 0 bridgehead atoms. The van der Waals surface area contributed by atoms with Gasteiger partial charge in [0.25, 0.3) is 0 Å². The molecule has 19 heavy (non-hydrogen) atoms. The number of nitrogens with one attached hydrogen (secondary N) is 1. The van der Waals surface area contributed by atoms with Gasteiger partial charge in [0.2, 0.25) is 5.91 Å². The van der Waals surface area contributed by atoms with E-state index in [0.29, 0.717) is 13.1 Å². The topological polar surface area (TPSA) is 81.8 Å². The molecule has 0 saturated heterocycles. The molecule has 1 fully saturated rings. The Labute approximate surface area is 112 Å². The van der Waals surface area contributed by atoms with E-state index in [1.54, 1.807) is 6.07 Å². The number of aromatic nitrogens is 4. The molecule has 2 aromatic heterocycles. The molecule has 2 heterocycles. The second-order valence-corrected chi connectivity index (χ2v) is 5.34. The molecule has 0 unspecified atom stereocenters. The van der Waals surface area contributed by atoms with Gasteiger partial charge < -0.3 is 5.32 Å². The van der Waals surface area contributed by atoms with E-state index in [1.807, 2.05) is 11.4 Å². The van der Waals surface area contributed by atoms with Gasteiger partial charge in [0.05, 0.1) is 6.54 Å². The van der Waals surface area contributed by atoms with Crippen LogP contribution in [0.15, 0.2) is 22.3 Å². The quantitative estimate of drug-likeness (QED) is 0.836. The number of tetrazole rings is 1. The van der Waals surface area contributed by atoms with E-state index in [9.17, 15) is 9.59 Å². The van der Waals surface area contributed by atoms with Gasteiger partial charge in [-0.05, 0) is 40.8 Å². The summed E-state index contributed by atoms with van der Waals surface area (Å²) in [5.74, 6) is 0.247. The summed E-state index contributed by atoms with van der Waals surface area (Å²) in [6, 6.07) is 3.65. The van der Waals surface area contributed by atoms with Crippen molar-refractivity contribution in [1.82, 2.24) is 25.1 Å². The zero-order valence-electron chi connectivity index (χ0n) is 10.2. The van der Waals surface area contributed by atoms with Crippen LogP contribution in [0.5, 0.6) is 0 Å².